The molecule has 18 heavy (non-hydrogen) atoms. The maximum absolute atomic E-state index is 11.8. The molecule has 0 aromatic rings. The summed E-state index contributed by atoms with van der Waals surface area (Å²) in [5.41, 5.74) is -1.11. The molecule has 1 fully saturated rings. The van der Waals surface area contributed by atoms with E-state index >= 15 is 0 Å². The molecule has 1 N–H and O–H groups in total. The van der Waals surface area contributed by atoms with Gasteiger partial charge in [0, 0.05) is 6.42 Å². The first kappa shape index (κ1) is 15.4. The lowest BCUT2D eigenvalue weighted by Crippen LogP contribution is -2.37. The van der Waals surface area contributed by atoms with Crippen molar-refractivity contribution in [2.24, 2.45) is 5.41 Å². The van der Waals surface area contributed by atoms with Crippen LogP contribution in [0.3, 0.4) is 0 Å². The third kappa shape index (κ3) is 3.65. The zero-order chi connectivity index (χ0) is 14.2. The zero-order valence-electron chi connectivity index (χ0n) is 9.24. The molecular weight excluding hydrogens is 298 g/mol. The molecule has 1 aliphatic carbocycles. The van der Waals surface area contributed by atoms with Gasteiger partial charge in [-0.05, 0) is 6.92 Å². The topological polar surface area (TPSA) is 55.4 Å². The Balaban J connectivity index is 2.30. The molecule has 0 aliphatic heterocycles. The zero-order valence-corrected chi connectivity index (χ0v) is 10.7. The van der Waals surface area contributed by atoms with Gasteiger partial charge in [0.15, 0.2) is 6.61 Å². The molecule has 1 aliphatic rings. The minimum absolute atomic E-state index is 0.173. The van der Waals surface area contributed by atoms with Gasteiger partial charge in [0.25, 0.3) is 5.91 Å². The molecular formula is C9H10Cl2F3NO3. The van der Waals surface area contributed by atoms with Crippen molar-refractivity contribution in [3.63, 3.8) is 0 Å². The van der Waals surface area contributed by atoms with E-state index < -0.39 is 41.0 Å². The van der Waals surface area contributed by atoms with E-state index in [4.69, 9.17) is 23.2 Å². The molecule has 1 amide bonds. The first-order valence-corrected chi connectivity index (χ1v) is 5.62. The van der Waals surface area contributed by atoms with Crippen LogP contribution in [-0.4, -0.2) is 35.5 Å². The van der Waals surface area contributed by atoms with Crippen LogP contribution in [0, 0.1) is 5.41 Å². The Morgan fingerprint density at radius 2 is 1.89 bits per heavy atom. The average Bonchev–Trinajstić information content (AvgIpc) is 2.72. The molecule has 1 rings (SSSR count). The summed E-state index contributed by atoms with van der Waals surface area (Å²) >= 11 is 11.4. The van der Waals surface area contributed by atoms with Gasteiger partial charge in [0.2, 0.25) is 0 Å². The van der Waals surface area contributed by atoms with E-state index in [9.17, 15) is 22.8 Å². The number of rotatable bonds is 4. The molecule has 0 saturated heterocycles. The van der Waals surface area contributed by atoms with Crippen LogP contribution in [0.5, 0.6) is 0 Å². The van der Waals surface area contributed by atoms with Crippen LogP contribution >= 0.6 is 23.2 Å². The first-order valence-electron chi connectivity index (χ1n) is 4.86. The van der Waals surface area contributed by atoms with Gasteiger partial charge >= 0.3 is 12.1 Å². The lowest BCUT2D eigenvalue weighted by molar-refractivity contribution is -0.155. The number of hydrogen-bond acceptors (Lipinski definition) is 3. The molecule has 1 atom stereocenters. The Hall–Kier alpha value is -0.690. The molecule has 0 spiro atoms. The number of carbonyl (C=O) groups excluding carboxylic acids is 2. The molecule has 0 aromatic carbocycles. The van der Waals surface area contributed by atoms with Crippen LogP contribution in [-0.2, 0) is 14.3 Å². The third-order valence-corrected chi connectivity index (χ3v) is 3.63. The fourth-order valence-electron chi connectivity index (χ4n) is 1.16. The highest BCUT2D eigenvalue weighted by atomic mass is 35.5. The number of nitrogens with one attached hydrogen (secondary N) is 1. The summed E-state index contributed by atoms with van der Waals surface area (Å²) in [4.78, 5) is 22.4. The number of amides is 1. The van der Waals surface area contributed by atoms with Crippen molar-refractivity contribution in [3.8, 4) is 0 Å². The third-order valence-electron chi connectivity index (χ3n) is 2.53. The van der Waals surface area contributed by atoms with Gasteiger partial charge in [0.1, 0.15) is 16.3 Å². The van der Waals surface area contributed by atoms with Crippen molar-refractivity contribution < 1.29 is 27.5 Å². The summed E-state index contributed by atoms with van der Waals surface area (Å²) < 4.78 is 38.6. The standard InChI is InChI=1S/C9H10Cl2F3NO3/c1-7(3-8(7,10)11)6(17)18-2-5(16)15-4-9(12,13)14/h2-4H2,1H3,(H,15,16)/t7-/m1/s1. The number of alkyl halides is 5. The highest BCUT2D eigenvalue weighted by molar-refractivity contribution is 6.53. The summed E-state index contributed by atoms with van der Waals surface area (Å²) in [7, 11) is 0. The van der Waals surface area contributed by atoms with Gasteiger partial charge in [-0.3, -0.25) is 9.59 Å². The molecule has 0 aromatic heterocycles. The fourth-order valence-corrected chi connectivity index (χ4v) is 1.85. The monoisotopic (exact) mass is 307 g/mol. The summed E-state index contributed by atoms with van der Waals surface area (Å²) in [5.74, 6) is -1.85. The van der Waals surface area contributed by atoms with Crippen LogP contribution in [0.1, 0.15) is 13.3 Å². The van der Waals surface area contributed by atoms with E-state index in [1.165, 1.54) is 6.92 Å². The van der Waals surface area contributed by atoms with E-state index in [2.05, 4.69) is 4.74 Å². The molecule has 0 radical (unpaired) electrons. The Morgan fingerprint density at radius 1 is 1.39 bits per heavy atom. The Bertz CT molecular complexity index is 373. The largest absolute Gasteiger partial charge is 0.455 e. The molecule has 0 unspecified atom stereocenters. The number of esters is 1. The van der Waals surface area contributed by atoms with E-state index in [1.807, 2.05) is 0 Å². The quantitative estimate of drug-likeness (QED) is 0.636. The van der Waals surface area contributed by atoms with Crippen molar-refractivity contribution in [1.82, 2.24) is 5.32 Å². The predicted molar refractivity (Wildman–Crippen MR) is 57.2 cm³/mol. The van der Waals surface area contributed by atoms with Crippen molar-refractivity contribution in [1.29, 1.82) is 0 Å². The van der Waals surface area contributed by atoms with E-state index in [0.717, 1.165) is 0 Å². The summed E-state index contributed by atoms with van der Waals surface area (Å²) in [6.45, 7) is -0.826. The lowest BCUT2D eigenvalue weighted by atomic mass is 10.1. The first-order chi connectivity index (χ1) is 7.98. The SMILES string of the molecule is C[C@]1(C(=O)OCC(=O)NCC(F)(F)F)CC1(Cl)Cl. The molecule has 0 bridgehead atoms. The molecule has 9 heteroatoms. The van der Waals surface area contributed by atoms with Crippen LogP contribution in [0.2, 0.25) is 0 Å². The Labute approximate surface area is 111 Å². The maximum atomic E-state index is 11.8. The van der Waals surface area contributed by atoms with Gasteiger partial charge in [-0.1, -0.05) is 0 Å². The summed E-state index contributed by atoms with van der Waals surface area (Å²) in [6.07, 6.45) is -4.34. The number of carbonyl (C=O) groups is 2. The minimum Gasteiger partial charge on any atom is -0.455 e. The predicted octanol–water partition coefficient (Wildman–Crippen LogP) is 1.79. The van der Waals surface area contributed by atoms with Crippen LogP contribution < -0.4 is 5.32 Å². The normalized spacial score (nSPS) is 25.4. The lowest BCUT2D eigenvalue weighted by Gasteiger charge is -2.12. The number of halogens is 5. The number of hydrogen-bond donors (Lipinski definition) is 1. The van der Waals surface area contributed by atoms with Gasteiger partial charge in [0.05, 0.1) is 0 Å². The highest BCUT2D eigenvalue weighted by Crippen LogP contribution is 2.64. The Kier molecular flexibility index (Phi) is 4.07. The van der Waals surface area contributed by atoms with Crippen molar-refractivity contribution in [3.05, 3.63) is 0 Å². The smallest absolute Gasteiger partial charge is 0.405 e. The molecule has 1 saturated carbocycles. The maximum Gasteiger partial charge on any atom is 0.405 e. The van der Waals surface area contributed by atoms with E-state index in [-0.39, 0.29) is 6.42 Å². The van der Waals surface area contributed by atoms with Gasteiger partial charge in [-0.25, -0.2) is 0 Å². The van der Waals surface area contributed by atoms with Gasteiger partial charge < -0.3 is 10.1 Å². The van der Waals surface area contributed by atoms with Crippen molar-refractivity contribution in [2.45, 2.75) is 23.9 Å². The van der Waals surface area contributed by atoms with E-state index in [1.54, 1.807) is 5.32 Å². The fraction of sp³-hybridized carbons (Fsp3) is 0.778. The number of ether oxygens (including phenoxy) is 1. The average molecular weight is 308 g/mol. The van der Waals surface area contributed by atoms with Crippen LogP contribution in [0.4, 0.5) is 13.2 Å². The molecule has 0 heterocycles. The van der Waals surface area contributed by atoms with Gasteiger partial charge in [-0.15, -0.1) is 23.2 Å². The minimum atomic E-state index is -4.51. The highest BCUT2D eigenvalue weighted by Gasteiger charge is 2.69. The second-order valence-corrected chi connectivity index (χ2v) is 5.67. The van der Waals surface area contributed by atoms with Crippen molar-refractivity contribution >= 4 is 35.1 Å². The van der Waals surface area contributed by atoms with Crippen molar-refractivity contribution in [2.75, 3.05) is 13.2 Å². The molecule has 104 valence electrons. The summed E-state index contributed by atoms with van der Waals surface area (Å²) in [6, 6.07) is 0. The van der Waals surface area contributed by atoms with E-state index in [0.29, 0.717) is 0 Å². The molecule has 4 nitrogen and oxygen atoms in total. The summed E-state index contributed by atoms with van der Waals surface area (Å²) in [5, 5.41) is 1.56. The second-order valence-electron chi connectivity index (χ2n) is 4.18. The van der Waals surface area contributed by atoms with Crippen LogP contribution in [0.15, 0.2) is 0 Å². The second kappa shape index (κ2) is 4.77. The van der Waals surface area contributed by atoms with Crippen LogP contribution in [0.25, 0.3) is 0 Å². The van der Waals surface area contributed by atoms with Gasteiger partial charge in [-0.2, -0.15) is 13.2 Å². The Morgan fingerprint density at radius 3 is 2.28 bits per heavy atom.